The molecule has 0 spiro atoms. The van der Waals surface area contributed by atoms with Crippen molar-refractivity contribution in [2.45, 2.75) is 58.9 Å². The number of carbonyl (C=O) groups excluding carboxylic acids is 1. The van der Waals surface area contributed by atoms with E-state index in [4.69, 9.17) is 5.11 Å². The van der Waals surface area contributed by atoms with Gasteiger partial charge >= 0.3 is 12.0 Å². The largest absolute Gasteiger partial charge is 0.481 e. The molecule has 1 fully saturated rings. The molecule has 116 valence electrons. The fourth-order valence-corrected chi connectivity index (χ4v) is 2.58. The summed E-state index contributed by atoms with van der Waals surface area (Å²) in [5, 5.41) is 11.6. The molecule has 5 nitrogen and oxygen atoms in total. The van der Waals surface area contributed by atoms with Gasteiger partial charge in [0.05, 0.1) is 5.92 Å². The molecule has 0 bridgehead atoms. The number of nitrogens with zero attached hydrogens (tertiary/aromatic N) is 1. The van der Waals surface area contributed by atoms with Crippen molar-refractivity contribution in [2.75, 3.05) is 13.6 Å². The monoisotopic (exact) mass is 284 g/mol. The van der Waals surface area contributed by atoms with Crippen molar-refractivity contribution < 1.29 is 14.7 Å². The fraction of sp³-hybridized carbons (Fsp3) is 0.867. The molecular formula is C15H28N2O3. The zero-order chi connectivity index (χ0) is 15.3. The highest BCUT2D eigenvalue weighted by molar-refractivity contribution is 5.74. The summed E-state index contributed by atoms with van der Waals surface area (Å²) in [5.41, 5.74) is 0.394. The minimum absolute atomic E-state index is 0.0905. The first kappa shape index (κ1) is 16.8. The maximum atomic E-state index is 12.0. The molecular weight excluding hydrogens is 256 g/mol. The standard InChI is InChI=1S/C15H28N2O3/c1-11(13(18)19)7-10-16-14(20)17(4)12-5-8-15(2,3)9-6-12/h11-12H,5-10H2,1-4H3,(H,16,20)(H,18,19). The molecule has 1 aliphatic carbocycles. The van der Waals surface area contributed by atoms with Crippen LogP contribution in [0.4, 0.5) is 4.79 Å². The van der Waals surface area contributed by atoms with Crippen LogP contribution in [-0.2, 0) is 4.79 Å². The Labute approximate surface area is 121 Å². The lowest BCUT2D eigenvalue weighted by Crippen LogP contribution is -2.46. The number of aliphatic carboxylic acids is 1. The van der Waals surface area contributed by atoms with Gasteiger partial charge < -0.3 is 15.3 Å². The highest BCUT2D eigenvalue weighted by Gasteiger charge is 2.30. The highest BCUT2D eigenvalue weighted by atomic mass is 16.4. The Morgan fingerprint density at radius 2 is 1.90 bits per heavy atom. The summed E-state index contributed by atoms with van der Waals surface area (Å²) < 4.78 is 0. The maximum absolute atomic E-state index is 12.0. The summed E-state index contributed by atoms with van der Waals surface area (Å²) in [4.78, 5) is 24.5. The molecule has 2 N–H and O–H groups in total. The molecule has 5 heteroatoms. The van der Waals surface area contributed by atoms with Gasteiger partial charge in [0.25, 0.3) is 0 Å². The molecule has 20 heavy (non-hydrogen) atoms. The van der Waals surface area contributed by atoms with E-state index in [0.29, 0.717) is 24.4 Å². The number of carboxylic acid groups (broad SMARTS) is 1. The first-order valence-corrected chi connectivity index (χ1v) is 7.46. The van der Waals surface area contributed by atoms with Crippen molar-refractivity contribution in [3.05, 3.63) is 0 Å². The van der Waals surface area contributed by atoms with Crippen molar-refractivity contribution in [1.82, 2.24) is 10.2 Å². The topological polar surface area (TPSA) is 69.6 Å². The molecule has 1 atom stereocenters. The molecule has 1 aliphatic rings. The van der Waals surface area contributed by atoms with Gasteiger partial charge in [-0.05, 0) is 37.5 Å². The van der Waals surface area contributed by atoms with E-state index in [1.54, 1.807) is 11.8 Å². The Hall–Kier alpha value is -1.26. The van der Waals surface area contributed by atoms with Crippen molar-refractivity contribution in [3.63, 3.8) is 0 Å². The molecule has 2 amide bonds. The third kappa shape index (κ3) is 5.02. The molecule has 0 aliphatic heterocycles. The van der Waals surface area contributed by atoms with Crippen LogP contribution in [-0.4, -0.2) is 41.6 Å². The van der Waals surface area contributed by atoms with Crippen LogP contribution in [0.3, 0.4) is 0 Å². The predicted octanol–water partition coefficient (Wildman–Crippen LogP) is 2.71. The molecule has 0 aromatic rings. The fourth-order valence-electron chi connectivity index (χ4n) is 2.58. The van der Waals surface area contributed by atoms with Gasteiger partial charge in [-0.1, -0.05) is 20.8 Å². The van der Waals surface area contributed by atoms with E-state index in [-0.39, 0.29) is 6.03 Å². The van der Waals surface area contributed by atoms with Crippen LogP contribution >= 0.6 is 0 Å². The smallest absolute Gasteiger partial charge is 0.317 e. The summed E-state index contributed by atoms with van der Waals surface area (Å²) in [7, 11) is 1.83. The van der Waals surface area contributed by atoms with E-state index in [1.165, 1.54) is 0 Å². The van der Waals surface area contributed by atoms with Crippen LogP contribution in [0.5, 0.6) is 0 Å². The van der Waals surface area contributed by atoms with Gasteiger partial charge in [0, 0.05) is 19.6 Å². The Morgan fingerprint density at radius 3 is 2.40 bits per heavy atom. The van der Waals surface area contributed by atoms with Gasteiger partial charge in [0.15, 0.2) is 0 Å². The molecule has 0 saturated heterocycles. The van der Waals surface area contributed by atoms with Gasteiger partial charge in [-0.25, -0.2) is 4.79 Å². The Kier molecular flexibility index (Phi) is 5.84. The Morgan fingerprint density at radius 1 is 1.35 bits per heavy atom. The maximum Gasteiger partial charge on any atom is 0.317 e. The van der Waals surface area contributed by atoms with Crippen molar-refractivity contribution in [2.24, 2.45) is 11.3 Å². The number of amides is 2. The summed E-state index contributed by atoms with van der Waals surface area (Å²) in [6.07, 6.45) is 4.84. The van der Waals surface area contributed by atoms with Gasteiger partial charge in [0.2, 0.25) is 0 Å². The Balaban J connectivity index is 2.31. The Bertz CT molecular complexity index is 345. The highest BCUT2D eigenvalue weighted by Crippen LogP contribution is 2.36. The summed E-state index contributed by atoms with van der Waals surface area (Å²) in [6.45, 7) is 6.61. The minimum atomic E-state index is -0.817. The first-order chi connectivity index (χ1) is 9.23. The average Bonchev–Trinajstić information content (AvgIpc) is 2.37. The van der Waals surface area contributed by atoms with E-state index in [2.05, 4.69) is 19.2 Å². The molecule has 0 radical (unpaired) electrons. The average molecular weight is 284 g/mol. The zero-order valence-electron chi connectivity index (χ0n) is 13.1. The van der Waals surface area contributed by atoms with Crippen LogP contribution in [0.2, 0.25) is 0 Å². The van der Waals surface area contributed by atoms with Gasteiger partial charge in [-0.15, -0.1) is 0 Å². The third-order valence-electron chi connectivity index (χ3n) is 4.45. The number of carboxylic acids is 1. The van der Waals surface area contributed by atoms with Crippen LogP contribution in [0.15, 0.2) is 0 Å². The van der Waals surface area contributed by atoms with Crippen LogP contribution < -0.4 is 5.32 Å². The molecule has 1 unspecified atom stereocenters. The molecule has 0 aromatic heterocycles. The number of hydrogen-bond donors (Lipinski definition) is 2. The van der Waals surface area contributed by atoms with E-state index >= 15 is 0 Å². The first-order valence-electron chi connectivity index (χ1n) is 7.46. The summed E-state index contributed by atoms with van der Waals surface area (Å²) in [6, 6.07) is 0.215. The third-order valence-corrected chi connectivity index (χ3v) is 4.45. The van der Waals surface area contributed by atoms with Crippen LogP contribution in [0.1, 0.15) is 52.9 Å². The molecule has 1 rings (SSSR count). The number of urea groups is 1. The SMILES string of the molecule is CC(CCNC(=O)N(C)C1CCC(C)(C)CC1)C(=O)O. The number of nitrogens with one attached hydrogen (secondary N) is 1. The van der Waals surface area contributed by atoms with Gasteiger partial charge in [-0.2, -0.15) is 0 Å². The summed E-state index contributed by atoms with van der Waals surface area (Å²) >= 11 is 0. The van der Waals surface area contributed by atoms with Gasteiger partial charge in [-0.3, -0.25) is 4.79 Å². The number of rotatable bonds is 5. The van der Waals surface area contributed by atoms with Crippen LogP contribution in [0.25, 0.3) is 0 Å². The lowest BCUT2D eigenvalue weighted by atomic mass is 9.75. The summed E-state index contributed by atoms with van der Waals surface area (Å²) in [5.74, 6) is -1.24. The van der Waals surface area contributed by atoms with E-state index < -0.39 is 11.9 Å². The quantitative estimate of drug-likeness (QED) is 0.815. The minimum Gasteiger partial charge on any atom is -0.481 e. The normalized spacial score (nSPS) is 20.2. The van der Waals surface area contributed by atoms with E-state index in [9.17, 15) is 9.59 Å². The lowest BCUT2D eigenvalue weighted by Gasteiger charge is -2.38. The zero-order valence-corrected chi connectivity index (χ0v) is 13.1. The molecule has 1 saturated carbocycles. The van der Waals surface area contributed by atoms with Crippen molar-refractivity contribution in [1.29, 1.82) is 0 Å². The van der Waals surface area contributed by atoms with Crippen molar-refractivity contribution in [3.8, 4) is 0 Å². The molecule has 0 aromatic carbocycles. The number of hydrogen-bond acceptors (Lipinski definition) is 2. The second kappa shape index (κ2) is 6.95. The van der Waals surface area contributed by atoms with Crippen molar-refractivity contribution >= 4 is 12.0 Å². The van der Waals surface area contributed by atoms with E-state index in [1.807, 2.05) is 7.05 Å². The van der Waals surface area contributed by atoms with E-state index in [0.717, 1.165) is 25.7 Å². The molecule has 0 heterocycles. The van der Waals surface area contributed by atoms with Gasteiger partial charge in [0.1, 0.15) is 0 Å². The second-order valence-corrected chi connectivity index (χ2v) is 6.77. The second-order valence-electron chi connectivity index (χ2n) is 6.77. The predicted molar refractivity (Wildman–Crippen MR) is 78.6 cm³/mol. The van der Waals surface area contributed by atoms with Crippen LogP contribution in [0, 0.1) is 11.3 Å². The lowest BCUT2D eigenvalue weighted by molar-refractivity contribution is -0.141. The number of carbonyl (C=O) groups is 2.